The highest BCUT2D eigenvalue weighted by atomic mass is 32.1. The van der Waals surface area contributed by atoms with Gasteiger partial charge in [0.2, 0.25) is 0 Å². The van der Waals surface area contributed by atoms with E-state index in [1.807, 2.05) is 19.2 Å². The Balaban J connectivity index is 2.15. The molecule has 0 aliphatic heterocycles. The number of aromatic nitrogens is 3. The predicted molar refractivity (Wildman–Crippen MR) is 68.7 cm³/mol. The summed E-state index contributed by atoms with van der Waals surface area (Å²) in [7, 11) is 0. The van der Waals surface area contributed by atoms with Gasteiger partial charge >= 0.3 is 0 Å². The van der Waals surface area contributed by atoms with Crippen LogP contribution in [-0.4, -0.2) is 15.0 Å². The molecule has 90 valence electrons. The van der Waals surface area contributed by atoms with E-state index in [0.29, 0.717) is 11.6 Å². The van der Waals surface area contributed by atoms with Crippen LogP contribution in [0.3, 0.4) is 0 Å². The van der Waals surface area contributed by atoms with Crippen molar-refractivity contribution in [1.29, 1.82) is 0 Å². The van der Waals surface area contributed by atoms with E-state index in [0.717, 1.165) is 10.8 Å². The fourth-order valence-corrected chi connectivity index (χ4v) is 2.09. The minimum atomic E-state index is 0.106. The van der Waals surface area contributed by atoms with Gasteiger partial charge in [-0.1, -0.05) is 0 Å². The molecular formula is C10H14N6S. The summed E-state index contributed by atoms with van der Waals surface area (Å²) in [4.78, 5) is 12.7. The maximum absolute atomic E-state index is 5.33. The first kappa shape index (κ1) is 11.7. The molecule has 0 spiro atoms. The number of nitrogens with two attached hydrogens (primary N) is 1. The predicted octanol–water partition coefficient (Wildman–Crippen LogP) is 1.70. The van der Waals surface area contributed by atoms with E-state index >= 15 is 0 Å². The quantitative estimate of drug-likeness (QED) is 0.565. The van der Waals surface area contributed by atoms with Crippen molar-refractivity contribution in [3.05, 3.63) is 28.5 Å². The third-order valence-electron chi connectivity index (χ3n) is 2.17. The van der Waals surface area contributed by atoms with Gasteiger partial charge in [-0.25, -0.2) is 20.8 Å². The van der Waals surface area contributed by atoms with Crippen LogP contribution in [0.25, 0.3) is 0 Å². The molecular weight excluding hydrogens is 236 g/mol. The number of hydrogen-bond acceptors (Lipinski definition) is 7. The average Bonchev–Trinajstić information content (AvgIpc) is 2.81. The maximum Gasteiger partial charge on any atom is 0.145 e. The number of hydrazine groups is 1. The van der Waals surface area contributed by atoms with E-state index in [9.17, 15) is 0 Å². The third kappa shape index (κ3) is 2.89. The molecule has 6 nitrogen and oxygen atoms in total. The Bertz CT molecular complexity index is 484. The second-order valence-corrected chi connectivity index (χ2v) is 4.49. The first-order chi connectivity index (χ1) is 8.19. The normalized spacial score (nSPS) is 12.2. The number of nitrogens with one attached hydrogen (secondary N) is 2. The highest BCUT2D eigenvalue weighted by Crippen LogP contribution is 2.20. The van der Waals surface area contributed by atoms with Gasteiger partial charge in [0, 0.05) is 17.6 Å². The van der Waals surface area contributed by atoms with Crippen LogP contribution in [0.2, 0.25) is 0 Å². The molecule has 0 aromatic carbocycles. The molecule has 0 saturated heterocycles. The van der Waals surface area contributed by atoms with E-state index in [2.05, 4.69) is 25.7 Å². The Hall–Kier alpha value is -1.73. The molecule has 0 bridgehead atoms. The number of rotatable bonds is 4. The zero-order valence-corrected chi connectivity index (χ0v) is 10.5. The maximum atomic E-state index is 5.33. The van der Waals surface area contributed by atoms with Gasteiger partial charge in [0.1, 0.15) is 22.5 Å². The van der Waals surface area contributed by atoms with Gasteiger partial charge in [0.25, 0.3) is 0 Å². The average molecular weight is 250 g/mol. The number of aryl methyl sites for hydroxylation is 1. The summed E-state index contributed by atoms with van der Waals surface area (Å²) in [6, 6.07) is 1.87. The molecule has 17 heavy (non-hydrogen) atoms. The number of hydrogen-bond donors (Lipinski definition) is 3. The Morgan fingerprint density at radius 3 is 2.76 bits per heavy atom. The molecule has 0 radical (unpaired) electrons. The first-order valence-corrected chi connectivity index (χ1v) is 6.05. The Labute approximate surface area is 103 Å². The molecule has 2 rings (SSSR count). The smallest absolute Gasteiger partial charge is 0.145 e. The van der Waals surface area contributed by atoms with Crippen LogP contribution < -0.4 is 16.6 Å². The first-order valence-electron chi connectivity index (χ1n) is 5.17. The molecule has 0 amide bonds. The second-order valence-electron chi connectivity index (χ2n) is 3.57. The van der Waals surface area contributed by atoms with Gasteiger partial charge in [-0.15, -0.1) is 11.3 Å². The molecule has 0 aliphatic carbocycles. The lowest BCUT2D eigenvalue weighted by Crippen LogP contribution is -2.12. The van der Waals surface area contributed by atoms with Crippen molar-refractivity contribution >= 4 is 23.0 Å². The monoisotopic (exact) mass is 250 g/mol. The van der Waals surface area contributed by atoms with Crippen LogP contribution in [0, 0.1) is 6.92 Å². The summed E-state index contributed by atoms with van der Waals surface area (Å²) in [6.45, 7) is 3.85. The molecule has 0 fully saturated rings. The van der Waals surface area contributed by atoms with Crippen molar-refractivity contribution in [2.75, 3.05) is 10.7 Å². The van der Waals surface area contributed by atoms with Gasteiger partial charge in [0.05, 0.1) is 6.04 Å². The van der Waals surface area contributed by atoms with Crippen LogP contribution in [0.1, 0.15) is 23.8 Å². The Morgan fingerprint density at radius 2 is 2.12 bits per heavy atom. The molecule has 2 aromatic rings. The van der Waals surface area contributed by atoms with E-state index < -0.39 is 0 Å². The minimum Gasteiger partial charge on any atom is -0.361 e. The number of thiazole rings is 1. The lowest BCUT2D eigenvalue weighted by Gasteiger charge is -2.13. The zero-order chi connectivity index (χ0) is 12.3. The van der Waals surface area contributed by atoms with Crippen molar-refractivity contribution in [3.8, 4) is 0 Å². The van der Waals surface area contributed by atoms with Gasteiger partial charge < -0.3 is 10.7 Å². The SMILES string of the molecule is Cc1nc(NN)cc(NC(C)c2nccs2)n1. The van der Waals surface area contributed by atoms with Crippen LogP contribution in [0.4, 0.5) is 11.6 Å². The van der Waals surface area contributed by atoms with E-state index in [1.54, 1.807) is 23.6 Å². The molecule has 2 aromatic heterocycles. The van der Waals surface area contributed by atoms with Crippen molar-refractivity contribution < 1.29 is 0 Å². The van der Waals surface area contributed by atoms with Crippen molar-refractivity contribution in [2.45, 2.75) is 19.9 Å². The fraction of sp³-hybridized carbons (Fsp3) is 0.300. The molecule has 1 unspecified atom stereocenters. The van der Waals surface area contributed by atoms with Gasteiger partial charge in [0.15, 0.2) is 0 Å². The van der Waals surface area contributed by atoms with Crippen LogP contribution in [-0.2, 0) is 0 Å². The molecule has 1 atom stereocenters. The molecule has 2 heterocycles. The lowest BCUT2D eigenvalue weighted by atomic mass is 10.3. The van der Waals surface area contributed by atoms with Crippen LogP contribution >= 0.6 is 11.3 Å². The lowest BCUT2D eigenvalue weighted by molar-refractivity contribution is 0.854. The van der Waals surface area contributed by atoms with Crippen LogP contribution in [0.15, 0.2) is 17.6 Å². The van der Waals surface area contributed by atoms with E-state index in [4.69, 9.17) is 5.84 Å². The van der Waals surface area contributed by atoms with E-state index in [1.165, 1.54) is 0 Å². The van der Waals surface area contributed by atoms with Crippen molar-refractivity contribution in [3.63, 3.8) is 0 Å². The van der Waals surface area contributed by atoms with Gasteiger partial charge in [-0.2, -0.15) is 0 Å². The standard InChI is InChI=1S/C10H14N6S/c1-6(10-12-3-4-17-10)13-8-5-9(16-11)15-7(2)14-8/h3-6H,11H2,1-2H3,(H2,13,14,15,16). The summed E-state index contributed by atoms with van der Waals surface area (Å²) in [6.07, 6.45) is 1.79. The summed E-state index contributed by atoms with van der Waals surface area (Å²) in [5.41, 5.74) is 2.51. The topological polar surface area (TPSA) is 88.8 Å². The largest absolute Gasteiger partial charge is 0.361 e. The number of nitrogen functional groups attached to an aromatic ring is 1. The summed E-state index contributed by atoms with van der Waals surface area (Å²) in [5, 5.41) is 6.23. The summed E-state index contributed by atoms with van der Waals surface area (Å²) in [5.74, 6) is 7.32. The second kappa shape index (κ2) is 5.07. The Morgan fingerprint density at radius 1 is 1.35 bits per heavy atom. The van der Waals surface area contributed by atoms with Gasteiger partial charge in [-0.05, 0) is 13.8 Å². The highest BCUT2D eigenvalue weighted by Gasteiger charge is 2.09. The number of nitrogens with zero attached hydrogens (tertiary/aromatic N) is 3. The minimum absolute atomic E-state index is 0.106. The van der Waals surface area contributed by atoms with Crippen LogP contribution in [0.5, 0.6) is 0 Å². The summed E-state index contributed by atoms with van der Waals surface area (Å²) >= 11 is 1.61. The zero-order valence-electron chi connectivity index (χ0n) is 9.64. The molecule has 4 N–H and O–H groups in total. The highest BCUT2D eigenvalue weighted by molar-refractivity contribution is 7.09. The molecule has 0 aliphatic rings. The van der Waals surface area contributed by atoms with Gasteiger partial charge in [-0.3, -0.25) is 0 Å². The number of anilines is 2. The third-order valence-corrected chi connectivity index (χ3v) is 3.13. The molecule has 7 heteroatoms. The summed E-state index contributed by atoms with van der Waals surface area (Å²) < 4.78 is 0. The molecule has 0 saturated carbocycles. The van der Waals surface area contributed by atoms with Crippen molar-refractivity contribution in [2.24, 2.45) is 5.84 Å². The Kier molecular flexibility index (Phi) is 3.50. The van der Waals surface area contributed by atoms with Crippen molar-refractivity contribution in [1.82, 2.24) is 15.0 Å². The van der Waals surface area contributed by atoms with E-state index in [-0.39, 0.29) is 6.04 Å². The fourth-order valence-electron chi connectivity index (χ4n) is 1.45.